The van der Waals surface area contributed by atoms with Crippen LogP contribution in [0.25, 0.3) is 0 Å². The van der Waals surface area contributed by atoms with Gasteiger partial charge in [-0.1, -0.05) is 31.2 Å². The minimum absolute atomic E-state index is 0.347. The van der Waals surface area contributed by atoms with Crippen LogP contribution in [-0.2, 0) is 24.7 Å². The first-order chi connectivity index (χ1) is 9.06. The minimum Gasteiger partial charge on any atom is -0.481 e. The van der Waals surface area contributed by atoms with E-state index < -0.39 is 5.97 Å². The van der Waals surface area contributed by atoms with Crippen LogP contribution in [0.3, 0.4) is 0 Å². The lowest BCUT2D eigenvalue weighted by atomic mass is 9.99. The van der Waals surface area contributed by atoms with Crippen molar-refractivity contribution in [3.8, 4) is 0 Å². The summed E-state index contributed by atoms with van der Waals surface area (Å²) in [6.45, 7) is 1.73. The number of benzene rings is 1. The summed E-state index contributed by atoms with van der Waals surface area (Å²) >= 11 is 0. The molecular weight excluding hydrogens is 240 g/mol. The number of carboxylic acids is 1. The highest BCUT2D eigenvalue weighted by Gasteiger charge is 2.11. The maximum absolute atomic E-state index is 10.8. The summed E-state index contributed by atoms with van der Waals surface area (Å²) in [5.74, 6) is -0.0795. The Morgan fingerprint density at radius 1 is 1.32 bits per heavy atom. The lowest BCUT2D eigenvalue weighted by Crippen LogP contribution is -2.12. The number of rotatable bonds is 5. The van der Waals surface area contributed by atoms with E-state index in [9.17, 15) is 4.79 Å². The second-order valence-corrected chi connectivity index (χ2v) is 4.89. The summed E-state index contributed by atoms with van der Waals surface area (Å²) < 4.78 is 2.00. The van der Waals surface area contributed by atoms with Gasteiger partial charge >= 0.3 is 5.97 Å². The topological polar surface area (TPSA) is 55.1 Å². The molecule has 0 spiro atoms. The van der Waals surface area contributed by atoms with Crippen LogP contribution in [0.1, 0.15) is 23.9 Å². The molecule has 4 heteroatoms. The highest BCUT2D eigenvalue weighted by atomic mass is 16.4. The SMILES string of the molecule is CC(Cc1ccc(Cc2nccn2C)cc1)C(=O)O. The standard InChI is InChI=1S/C15H18N2O2/c1-11(15(18)19)9-12-3-5-13(6-4-12)10-14-16-7-8-17(14)2/h3-8,11H,9-10H2,1-2H3,(H,18,19). The Labute approximate surface area is 112 Å². The average molecular weight is 258 g/mol. The normalized spacial score (nSPS) is 12.3. The van der Waals surface area contributed by atoms with Gasteiger partial charge in [-0.25, -0.2) is 4.98 Å². The van der Waals surface area contributed by atoms with E-state index in [0.29, 0.717) is 6.42 Å². The van der Waals surface area contributed by atoms with E-state index in [0.717, 1.165) is 17.8 Å². The van der Waals surface area contributed by atoms with Crippen molar-refractivity contribution in [2.24, 2.45) is 13.0 Å². The van der Waals surface area contributed by atoms with Crippen molar-refractivity contribution in [1.82, 2.24) is 9.55 Å². The van der Waals surface area contributed by atoms with Gasteiger partial charge in [0.25, 0.3) is 0 Å². The van der Waals surface area contributed by atoms with Crippen molar-refractivity contribution in [2.75, 3.05) is 0 Å². The van der Waals surface area contributed by atoms with Gasteiger partial charge < -0.3 is 9.67 Å². The van der Waals surface area contributed by atoms with Crippen LogP contribution in [0, 0.1) is 5.92 Å². The zero-order valence-electron chi connectivity index (χ0n) is 11.2. The first kappa shape index (κ1) is 13.3. The third-order valence-electron chi connectivity index (χ3n) is 3.27. The van der Waals surface area contributed by atoms with Crippen LogP contribution in [0.2, 0.25) is 0 Å². The number of imidazole rings is 1. The number of carboxylic acid groups (broad SMARTS) is 1. The summed E-state index contributed by atoms with van der Waals surface area (Å²) in [4.78, 5) is 15.1. The predicted octanol–water partition coefficient (Wildman–Crippen LogP) is 2.27. The van der Waals surface area contributed by atoms with Crippen molar-refractivity contribution in [1.29, 1.82) is 0 Å². The first-order valence-electron chi connectivity index (χ1n) is 6.33. The maximum atomic E-state index is 10.8. The fourth-order valence-electron chi connectivity index (χ4n) is 1.98. The molecule has 0 aliphatic carbocycles. The molecule has 1 N–H and O–H groups in total. The van der Waals surface area contributed by atoms with E-state index in [2.05, 4.69) is 4.98 Å². The molecule has 1 aromatic heterocycles. The van der Waals surface area contributed by atoms with Crippen LogP contribution < -0.4 is 0 Å². The van der Waals surface area contributed by atoms with Gasteiger partial charge in [-0.2, -0.15) is 0 Å². The van der Waals surface area contributed by atoms with E-state index in [4.69, 9.17) is 5.11 Å². The minimum atomic E-state index is -0.753. The largest absolute Gasteiger partial charge is 0.481 e. The van der Waals surface area contributed by atoms with Gasteiger partial charge in [0.2, 0.25) is 0 Å². The van der Waals surface area contributed by atoms with Gasteiger partial charge in [-0.15, -0.1) is 0 Å². The number of nitrogens with zero attached hydrogens (tertiary/aromatic N) is 2. The quantitative estimate of drug-likeness (QED) is 0.895. The van der Waals surface area contributed by atoms with Gasteiger partial charge in [0.05, 0.1) is 5.92 Å². The van der Waals surface area contributed by atoms with Gasteiger partial charge in [0, 0.05) is 25.9 Å². The van der Waals surface area contributed by atoms with Crippen molar-refractivity contribution < 1.29 is 9.90 Å². The maximum Gasteiger partial charge on any atom is 0.306 e. The van der Waals surface area contributed by atoms with Crippen LogP contribution in [0.15, 0.2) is 36.7 Å². The monoisotopic (exact) mass is 258 g/mol. The lowest BCUT2D eigenvalue weighted by Gasteiger charge is -2.07. The summed E-state index contributed by atoms with van der Waals surface area (Å²) in [5, 5.41) is 8.89. The van der Waals surface area contributed by atoms with E-state index in [1.54, 1.807) is 13.1 Å². The predicted molar refractivity (Wildman–Crippen MR) is 73.0 cm³/mol. The highest BCUT2D eigenvalue weighted by Crippen LogP contribution is 2.12. The van der Waals surface area contributed by atoms with Crippen LogP contribution in [0.5, 0.6) is 0 Å². The number of hydrogen-bond donors (Lipinski definition) is 1. The summed E-state index contributed by atoms with van der Waals surface area (Å²) in [7, 11) is 1.98. The Hall–Kier alpha value is -2.10. The van der Waals surface area contributed by atoms with E-state index >= 15 is 0 Å². The lowest BCUT2D eigenvalue weighted by molar-refractivity contribution is -0.141. The molecule has 0 bridgehead atoms. The zero-order valence-corrected chi connectivity index (χ0v) is 11.2. The molecule has 0 aliphatic rings. The molecule has 1 atom stereocenters. The molecule has 2 rings (SSSR count). The molecular formula is C15H18N2O2. The molecule has 1 heterocycles. The fraction of sp³-hybridized carbons (Fsp3) is 0.333. The van der Waals surface area contributed by atoms with Gasteiger partial charge in [-0.05, 0) is 17.5 Å². The number of aryl methyl sites for hydroxylation is 1. The van der Waals surface area contributed by atoms with E-state index in [1.807, 2.05) is 42.1 Å². The Bertz CT molecular complexity index is 558. The third kappa shape index (κ3) is 3.44. The molecule has 0 saturated heterocycles. The molecule has 0 amide bonds. The smallest absolute Gasteiger partial charge is 0.306 e. The number of aromatic nitrogens is 2. The number of carbonyl (C=O) groups is 1. The average Bonchev–Trinajstić information content (AvgIpc) is 2.77. The second-order valence-electron chi connectivity index (χ2n) is 4.89. The summed E-state index contributed by atoms with van der Waals surface area (Å²) in [6.07, 6.45) is 5.08. The molecule has 1 aromatic carbocycles. The first-order valence-corrected chi connectivity index (χ1v) is 6.33. The summed E-state index contributed by atoms with van der Waals surface area (Å²) in [5.41, 5.74) is 2.24. The van der Waals surface area contributed by atoms with Crippen molar-refractivity contribution in [3.63, 3.8) is 0 Å². The van der Waals surface area contributed by atoms with Gasteiger partial charge in [0.1, 0.15) is 5.82 Å². The summed E-state index contributed by atoms with van der Waals surface area (Å²) in [6, 6.07) is 8.08. The molecule has 0 radical (unpaired) electrons. The molecule has 2 aromatic rings. The Balaban J connectivity index is 2.02. The molecule has 4 nitrogen and oxygen atoms in total. The molecule has 0 saturated carbocycles. The van der Waals surface area contributed by atoms with E-state index in [-0.39, 0.29) is 5.92 Å². The van der Waals surface area contributed by atoms with Gasteiger partial charge in [0.15, 0.2) is 0 Å². The van der Waals surface area contributed by atoms with Crippen LogP contribution in [-0.4, -0.2) is 20.6 Å². The van der Waals surface area contributed by atoms with E-state index in [1.165, 1.54) is 5.56 Å². The third-order valence-corrected chi connectivity index (χ3v) is 3.27. The number of hydrogen-bond acceptors (Lipinski definition) is 2. The highest BCUT2D eigenvalue weighted by molar-refractivity contribution is 5.69. The van der Waals surface area contributed by atoms with Crippen LogP contribution in [0.4, 0.5) is 0 Å². The van der Waals surface area contributed by atoms with Crippen molar-refractivity contribution in [2.45, 2.75) is 19.8 Å². The molecule has 1 unspecified atom stereocenters. The zero-order chi connectivity index (χ0) is 13.8. The Morgan fingerprint density at radius 2 is 1.95 bits per heavy atom. The fourth-order valence-corrected chi connectivity index (χ4v) is 1.98. The van der Waals surface area contributed by atoms with Crippen molar-refractivity contribution >= 4 is 5.97 Å². The Morgan fingerprint density at radius 3 is 2.47 bits per heavy atom. The molecule has 100 valence electrons. The Kier molecular flexibility index (Phi) is 4.00. The number of aliphatic carboxylic acids is 1. The van der Waals surface area contributed by atoms with Gasteiger partial charge in [-0.3, -0.25) is 4.79 Å². The molecule has 0 aliphatic heterocycles. The van der Waals surface area contributed by atoms with Crippen LogP contribution >= 0.6 is 0 Å². The second kappa shape index (κ2) is 5.69. The molecule has 0 fully saturated rings. The van der Waals surface area contributed by atoms with Crippen molar-refractivity contribution in [3.05, 3.63) is 53.6 Å². The molecule has 19 heavy (non-hydrogen) atoms.